The van der Waals surface area contributed by atoms with E-state index in [9.17, 15) is 0 Å². The monoisotopic (exact) mass is 300 g/mol. The smallest absolute Gasteiger partial charge is 0.210 e. The van der Waals surface area contributed by atoms with Crippen molar-refractivity contribution in [3.63, 3.8) is 0 Å². The second-order valence-corrected chi connectivity index (χ2v) is 4.43. The van der Waals surface area contributed by atoms with Crippen LogP contribution in [-0.4, -0.2) is 26.2 Å². The van der Waals surface area contributed by atoms with Gasteiger partial charge in [0.2, 0.25) is 5.96 Å². The van der Waals surface area contributed by atoms with Gasteiger partial charge in [-0.2, -0.15) is 0 Å². The fraction of sp³-hybridized carbons (Fsp3) is 0.364. The topological polar surface area (TPSA) is 71.7 Å². The summed E-state index contributed by atoms with van der Waals surface area (Å²) in [5, 5.41) is 3.10. The number of aliphatic imine (C=N–C) groups is 1. The predicted molar refractivity (Wildman–Crippen MR) is 74.0 cm³/mol. The van der Waals surface area contributed by atoms with E-state index in [-0.39, 0.29) is 0 Å². The minimum atomic E-state index is 0.513. The first-order valence-electron chi connectivity index (χ1n) is 5.20. The molecule has 0 aliphatic carbocycles. The number of rotatable bonds is 4. The Bertz CT molecular complexity index is 375. The first-order valence-corrected chi connectivity index (χ1v) is 5.99. The number of nitrogens with one attached hydrogen (secondary N) is 2. The van der Waals surface area contributed by atoms with Crippen LogP contribution in [0.3, 0.4) is 0 Å². The van der Waals surface area contributed by atoms with Crippen molar-refractivity contribution in [2.45, 2.75) is 6.92 Å². The molecule has 17 heavy (non-hydrogen) atoms. The van der Waals surface area contributed by atoms with Gasteiger partial charge in [0.05, 0.1) is 13.2 Å². The van der Waals surface area contributed by atoms with Crippen molar-refractivity contribution in [3.05, 3.63) is 28.2 Å². The van der Waals surface area contributed by atoms with Crippen LogP contribution in [0.15, 0.2) is 27.7 Å². The summed E-state index contributed by atoms with van der Waals surface area (Å²) < 4.78 is 5.92. The number of benzene rings is 1. The predicted octanol–water partition coefficient (Wildman–Crippen LogP) is 1.64. The molecule has 0 amide bonds. The fourth-order valence-corrected chi connectivity index (χ4v) is 1.92. The second kappa shape index (κ2) is 7.26. The molecule has 1 aromatic carbocycles. The molecule has 0 heterocycles. The van der Waals surface area contributed by atoms with E-state index < -0.39 is 0 Å². The maximum Gasteiger partial charge on any atom is 0.210 e. The van der Waals surface area contributed by atoms with Gasteiger partial charge in [-0.1, -0.05) is 15.9 Å². The lowest BCUT2D eigenvalue weighted by atomic mass is 10.2. The molecule has 0 radical (unpaired) electrons. The summed E-state index contributed by atoms with van der Waals surface area (Å²) in [6, 6.07) is 5.99. The van der Waals surface area contributed by atoms with E-state index in [1.54, 1.807) is 7.11 Å². The van der Waals surface area contributed by atoms with Crippen molar-refractivity contribution >= 4 is 27.6 Å². The highest BCUT2D eigenvalue weighted by molar-refractivity contribution is 9.10. The molecule has 6 heteroatoms. The van der Waals surface area contributed by atoms with Gasteiger partial charge in [-0.25, -0.2) is 10.8 Å². The van der Waals surface area contributed by atoms with Gasteiger partial charge in [-0.15, -0.1) is 0 Å². The van der Waals surface area contributed by atoms with Gasteiger partial charge in [0.15, 0.2) is 0 Å². The number of methoxy groups -OCH3 is 1. The number of ether oxygens (including phenoxy) is 1. The van der Waals surface area contributed by atoms with E-state index >= 15 is 0 Å². The van der Waals surface area contributed by atoms with E-state index in [1.165, 1.54) is 0 Å². The Morgan fingerprint density at radius 3 is 2.82 bits per heavy atom. The van der Waals surface area contributed by atoms with Gasteiger partial charge in [-0.05, 0) is 30.7 Å². The molecule has 0 spiro atoms. The number of hydrogen-bond acceptors (Lipinski definition) is 3. The van der Waals surface area contributed by atoms with Crippen molar-refractivity contribution in [1.29, 1.82) is 0 Å². The highest BCUT2D eigenvalue weighted by atomic mass is 79.9. The lowest BCUT2D eigenvalue weighted by Crippen LogP contribution is -2.36. The highest BCUT2D eigenvalue weighted by Gasteiger charge is 2.00. The van der Waals surface area contributed by atoms with Crippen LogP contribution in [0.25, 0.3) is 0 Å². The Balaban J connectivity index is 2.69. The molecule has 1 aromatic rings. The van der Waals surface area contributed by atoms with Gasteiger partial charge in [0.25, 0.3) is 0 Å². The molecule has 5 nitrogen and oxygen atoms in total. The molecule has 0 aromatic heterocycles. The van der Waals surface area contributed by atoms with Gasteiger partial charge in [0, 0.05) is 17.3 Å². The first kappa shape index (κ1) is 14.0. The quantitative estimate of drug-likeness (QED) is 0.260. The van der Waals surface area contributed by atoms with Crippen LogP contribution in [0.5, 0.6) is 0 Å². The van der Waals surface area contributed by atoms with Crippen molar-refractivity contribution in [2.24, 2.45) is 10.8 Å². The summed E-state index contributed by atoms with van der Waals surface area (Å²) in [5.74, 6) is 5.90. The van der Waals surface area contributed by atoms with Gasteiger partial charge in [0.1, 0.15) is 0 Å². The van der Waals surface area contributed by atoms with E-state index in [0.717, 1.165) is 15.7 Å². The minimum absolute atomic E-state index is 0.513. The average Bonchev–Trinajstić information content (AvgIpc) is 2.26. The molecule has 0 unspecified atom stereocenters. The molecule has 0 bridgehead atoms. The number of halogens is 1. The Kier molecular flexibility index (Phi) is 5.96. The van der Waals surface area contributed by atoms with E-state index in [0.29, 0.717) is 19.1 Å². The largest absolute Gasteiger partial charge is 0.383 e. The van der Waals surface area contributed by atoms with Crippen LogP contribution < -0.4 is 16.6 Å². The van der Waals surface area contributed by atoms with Crippen LogP contribution in [0.4, 0.5) is 5.69 Å². The Labute approximate surface area is 110 Å². The molecule has 0 aliphatic rings. The molecular formula is C11H17BrN4O. The minimum Gasteiger partial charge on any atom is -0.383 e. The number of hydrazine groups is 1. The summed E-state index contributed by atoms with van der Waals surface area (Å²) >= 11 is 3.44. The van der Waals surface area contributed by atoms with Crippen LogP contribution in [0, 0.1) is 6.92 Å². The zero-order valence-corrected chi connectivity index (χ0v) is 11.5. The highest BCUT2D eigenvalue weighted by Crippen LogP contribution is 2.18. The molecule has 0 saturated carbocycles. The average molecular weight is 301 g/mol. The summed E-state index contributed by atoms with van der Waals surface area (Å²) in [7, 11) is 1.64. The van der Waals surface area contributed by atoms with Crippen LogP contribution in [0.1, 0.15) is 5.56 Å². The number of nitrogens with two attached hydrogens (primary N) is 1. The lowest BCUT2D eigenvalue weighted by Gasteiger charge is -2.10. The number of anilines is 1. The van der Waals surface area contributed by atoms with Gasteiger partial charge in [-0.3, -0.25) is 5.43 Å². The summed E-state index contributed by atoms with van der Waals surface area (Å²) in [6.45, 7) is 3.13. The van der Waals surface area contributed by atoms with E-state index in [1.807, 2.05) is 25.1 Å². The standard InChI is InChI=1S/C11H17BrN4O/c1-8-5-9(12)7-10(6-8)15-11(16-13)14-3-4-17-2/h5-7H,3-4,13H2,1-2H3,(H2,14,15,16). The third-order valence-electron chi connectivity index (χ3n) is 2.01. The van der Waals surface area contributed by atoms with Crippen LogP contribution >= 0.6 is 15.9 Å². The Morgan fingerprint density at radius 1 is 1.47 bits per heavy atom. The second-order valence-electron chi connectivity index (χ2n) is 3.51. The number of aryl methyl sites for hydroxylation is 1. The van der Waals surface area contributed by atoms with Crippen LogP contribution in [-0.2, 0) is 4.74 Å². The van der Waals surface area contributed by atoms with Gasteiger partial charge < -0.3 is 10.1 Å². The molecule has 0 saturated heterocycles. The molecular weight excluding hydrogens is 284 g/mol. The molecule has 0 atom stereocenters. The zero-order chi connectivity index (χ0) is 12.7. The SMILES string of the molecule is COCCN=C(NN)Nc1cc(C)cc(Br)c1. The lowest BCUT2D eigenvalue weighted by molar-refractivity contribution is 0.208. The summed E-state index contributed by atoms with van der Waals surface area (Å²) in [4.78, 5) is 4.22. The van der Waals surface area contributed by atoms with Gasteiger partial charge >= 0.3 is 0 Å². The normalized spacial score (nSPS) is 11.4. The maximum atomic E-state index is 5.38. The van der Waals surface area contributed by atoms with Crippen molar-refractivity contribution in [1.82, 2.24) is 5.43 Å². The van der Waals surface area contributed by atoms with Crippen LogP contribution in [0.2, 0.25) is 0 Å². The third kappa shape index (κ3) is 5.16. The van der Waals surface area contributed by atoms with Crippen molar-refractivity contribution in [3.8, 4) is 0 Å². The summed E-state index contributed by atoms with van der Waals surface area (Å²) in [6.07, 6.45) is 0. The zero-order valence-electron chi connectivity index (χ0n) is 9.96. The maximum absolute atomic E-state index is 5.38. The van der Waals surface area contributed by atoms with E-state index in [2.05, 4.69) is 31.7 Å². The van der Waals surface area contributed by atoms with Crippen molar-refractivity contribution in [2.75, 3.05) is 25.6 Å². The molecule has 94 valence electrons. The fourth-order valence-electron chi connectivity index (χ4n) is 1.32. The first-order chi connectivity index (χ1) is 8.15. The number of nitrogens with zero attached hydrogens (tertiary/aromatic N) is 1. The molecule has 4 N–H and O–H groups in total. The van der Waals surface area contributed by atoms with E-state index in [4.69, 9.17) is 10.6 Å². The Hall–Kier alpha value is -1.11. The molecule has 0 fully saturated rings. The Morgan fingerprint density at radius 2 is 2.24 bits per heavy atom. The van der Waals surface area contributed by atoms with Crippen molar-refractivity contribution < 1.29 is 4.74 Å². The molecule has 1 rings (SSSR count). The number of hydrogen-bond donors (Lipinski definition) is 3. The summed E-state index contributed by atoms with van der Waals surface area (Å²) in [5.41, 5.74) is 4.59. The number of guanidine groups is 1. The molecule has 0 aliphatic heterocycles. The third-order valence-corrected chi connectivity index (χ3v) is 2.46.